The van der Waals surface area contributed by atoms with Crippen LogP contribution in [0.5, 0.6) is 0 Å². The summed E-state index contributed by atoms with van der Waals surface area (Å²) in [7, 11) is 0. The van der Waals surface area contributed by atoms with Crippen LogP contribution in [0, 0.1) is 0 Å². The maximum absolute atomic E-state index is 10.8. The van der Waals surface area contributed by atoms with Gasteiger partial charge in [-0.05, 0) is 5.56 Å². The van der Waals surface area contributed by atoms with Crippen LogP contribution in [0.1, 0.15) is 11.7 Å². The summed E-state index contributed by atoms with van der Waals surface area (Å²) < 4.78 is 0. The lowest BCUT2D eigenvalue weighted by Gasteiger charge is -2.03. The summed E-state index contributed by atoms with van der Waals surface area (Å²) in [4.78, 5) is 28.2. The third-order valence-corrected chi connectivity index (χ3v) is 2.45. The predicted molar refractivity (Wildman–Crippen MR) is 62.0 cm³/mol. The summed E-state index contributed by atoms with van der Waals surface area (Å²) in [5, 5.41) is 17.7. The van der Waals surface area contributed by atoms with Crippen LogP contribution in [0.15, 0.2) is 36.5 Å². The Kier molecular flexibility index (Phi) is 3.09. The van der Waals surface area contributed by atoms with Gasteiger partial charge in [0.1, 0.15) is 5.82 Å². The van der Waals surface area contributed by atoms with E-state index in [4.69, 9.17) is 10.2 Å². The third-order valence-electron chi connectivity index (χ3n) is 2.45. The van der Waals surface area contributed by atoms with Crippen molar-refractivity contribution in [3.8, 4) is 11.3 Å². The second-order valence-electron chi connectivity index (χ2n) is 3.66. The molecule has 2 rings (SSSR count). The van der Waals surface area contributed by atoms with Gasteiger partial charge < -0.3 is 15.2 Å². The normalized spacial score (nSPS) is 10.5. The standard InChI is InChI=1S/C12H10N2O4/c15-11(16)9(12(17)18)10-13-6-8(14-10)7-4-2-1-3-5-7/h1-6,9H,(H,13,14)(H,15,16)(H,17,18). The lowest BCUT2D eigenvalue weighted by molar-refractivity contribution is -0.150. The number of aromatic nitrogens is 2. The second-order valence-corrected chi connectivity index (χ2v) is 3.66. The number of hydrogen-bond donors (Lipinski definition) is 3. The summed E-state index contributed by atoms with van der Waals surface area (Å²) >= 11 is 0. The molecular weight excluding hydrogens is 236 g/mol. The van der Waals surface area contributed by atoms with Crippen molar-refractivity contribution in [2.24, 2.45) is 0 Å². The molecule has 2 aromatic rings. The van der Waals surface area contributed by atoms with E-state index in [0.29, 0.717) is 5.69 Å². The molecule has 0 spiro atoms. The number of H-pyrrole nitrogens is 1. The van der Waals surface area contributed by atoms with Crippen molar-refractivity contribution in [3.63, 3.8) is 0 Å². The lowest BCUT2D eigenvalue weighted by Crippen LogP contribution is -2.22. The molecule has 18 heavy (non-hydrogen) atoms. The number of carboxylic acids is 2. The number of nitrogens with zero attached hydrogens (tertiary/aromatic N) is 1. The number of rotatable bonds is 4. The van der Waals surface area contributed by atoms with Crippen molar-refractivity contribution < 1.29 is 19.8 Å². The van der Waals surface area contributed by atoms with Crippen LogP contribution in [0.2, 0.25) is 0 Å². The van der Waals surface area contributed by atoms with Gasteiger partial charge in [0.05, 0.1) is 11.9 Å². The number of imidazole rings is 1. The number of carbonyl (C=O) groups is 2. The van der Waals surface area contributed by atoms with Crippen molar-refractivity contribution in [2.45, 2.75) is 5.92 Å². The average Bonchev–Trinajstić information content (AvgIpc) is 2.78. The first-order valence-electron chi connectivity index (χ1n) is 5.15. The SMILES string of the molecule is O=C(O)C(C(=O)O)c1ncc(-c2ccccc2)[nH]1. The van der Waals surface area contributed by atoms with Crippen molar-refractivity contribution >= 4 is 11.9 Å². The second kappa shape index (κ2) is 4.70. The van der Waals surface area contributed by atoms with E-state index in [1.807, 2.05) is 30.3 Å². The largest absolute Gasteiger partial charge is 0.480 e. The Bertz CT molecular complexity index is 563. The molecule has 0 unspecified atom stereocenters. The van der Waals surface area contributed by atoms with Gasteiger partial charge >= 0.3 is 11.9 Å². The van der Waals surface area contributed by atoms with Crippen molar-refractivity contribution in [1.29, 1.82) is 0 Å². The minimum atomic E-state index is -1.68. The maximum Gasteiger partial charge on any atom is 0.325 e. The third kappa shape index (κ3) is 2.22. The van der Waals surface area contributed by atoms with Gasteiger partial charge in [-0.25, -0.2) is 4.98 Å². The van der Waals surface area contributed by atoms with E-state index in [1.54, 1.807) is 0 Å². The highest BCUT2D eigenvalue weighted by Crippen LogP contribution is 2.20. The highest BCUT2D eigenvalue weighted by molar-refractivity contribution is 5.98. The Morgan fingerprint density at radius 1 is 1.11 bits per heavy atom. The Morgan fingerprint density at radius 2 is 1.72 bits per heavy atom. The average molecular weight is 246 g/mol. The molecule has 6 nitrogen and oxygen atoms in total. The summed E-state index contributed by atoms with van der Waals surface area (Å²) in [6.45, 7) is 0. The molecule has 1 heterocycles. The van der Waals surface area contributed by atoms with Gasteiger partial charge in [-0.3, -0.25) is 9.59 Å². The molecule has 0 radical (unpaired) electrons. The van der Waals surface area contributed by atoms with Gasteiger partial charge in [0.2, 0.25) is 5.92 Å². The van der Waals surface area contributed by atoms with Crippen LogP contribution in [0.3, 0.4) is 0 Å². The van der Waals surface area contributed by atoms with Gasteiger partial charge in [0.15, 0.2) is 0 Å². The first-order chi connectivity index (χ1) is 8.59. The molecule has 0 saturated carbocycles. The van der Waals surface area contributed by atoms with E-state index >= 15 is 0 Å². The minimum Gasteiger partial charge on any atom is -0.480 e. The van der Waals surface area contributed by atoms with Crippen molar-refractivity contribution in [2.75, 3.05) is 0 Å². The number of benzene rings is 1. The summed E-state index contributed by atoms with van der Waals surface area (Å²) in [6, 6.07) is 9.11. The van der Waals surface area contributed by atoms with Gasteiger partial charge in [-0.2, -0.15) is 0 Å². The topological polar surface area (TPSA) is 103 Å². The van der Waals surface area contributed by atoms with E-state index in [2.05, 4.69) is 9.97 Å². The Hall–Kier alpha value is -2.63. The molecule has 0 aliphatic rings. The van der Waals surface area contributed by atoms with Gasteiger partial charge in [0.25, 0.3) is 0 Å². The van der Waals surface area contributed by atoms with Gasteiger partial charge in [-0.1, -0.05) is 30.3 Å². The van der Waals surface area contributed by atoms with Crippen molar-refractivity contribution in [3.05, 3.63) is 42.4 Å². The molecule has 0 fully saturated rings. The quantitative estimate of drug-likeness (QED) is 0.706. The highest BCUT2D eigenvalue weighted by atomic mass is 16.4. The molecular formula is C12H10N2O4. The molecule has 0 bridgehead atoms. The van der Waals surface area contributed by atoms with Crippen LogP contribution >= 0.6 is 0 Å². The Labute approximate surface area is 102 Å². The zero-order valence-electron chi connectivity index (χ0n) is 9.20. The number of nitrogens with one attached hydrogen (secondary N) is 1. The van der Waals surface area contributed by atoms with E-state index in [0.717, 1.165) is 5.56 Å². The lowest BCUT2D eigenvalue weighted by atomic mass is 10.1. The van der Waals surface area contributed by atoms with Crippen LogP contribution in [0.4, 0.5) is 0 Å². The summed E-state index contributed by atoms with van der Waals surface area (Å²) in [6.07, 6.45) is 1.42. The van der Waals surface area contributed by atoms with E-state index in [1.165, 1.54) is 6.20 Å². The fourth-order valence-corrected chi connectivity index (χ4v) is 1.59. The molecule has 3 N–H and O–H groups in total. The van der Waals surface area contributed by atoms with Crippen LogP contribution in [-0.4, -0.2) is 32.1 Å². The molecule has 0 amide bonds. The van der Waals surface area contributed by atoms with E-state index in [9.17, 15) is 9.59 Å². The number of aliphatic carboxylic acids is 2. The fraction of sp³-hybridized carbons (Fsp3) is 0.0833. The van der Waals surface area contributed by atoms with E-state index in [-0.39, 0.29) is 5.82 Å². The zero-order valence-corrected chi connectivity index (χ0v) is 9.20. The molecule has 0 aliphatic carbocycles. The van der Waals surface area contributed by atoms with Crippen molar-refractivity contribution in [1.82, 2.24) is 9.97 Å². The monoisotopic (exact) mass is 246 g/mol. The molecule has 92 valence electrons. The molecule has 6 heteroatoms. The number of carboxylic acid groups (broad SMARTS) is 2. The Balaban J connectivity index is 2.36. The van der Waals surface area contributed by atoms with Gasteiger partial charge in [-0.15, -0.1) is 0 Å². The van der Waals surface area contributed by atoms with Crippen LogP contribution in [-0.2, 0) is 9.59 Å². The Morgan fingerprint density at radius 3 is 2.28 bits per heavy atom. The summed E-state index contributed by atoms with van der Waals surface area (Å²) in [5.41, 5.74) is 1.39. The molecule has 0 saturated heterocycles. The molecule has 0 atom stereocenters. The first-order valence-corrected chi connectivity index (χ1v) is 5.15. The summed E-state index contributed by atoms with van der Waals surface area (Å²) in [5.74, 6) is -4.66. The first kappa shape index (κ1) is 11.8. The van der Waals surface area contributed by atoms with Crippen LogP contribution < -0.4 is 0 Å². The van der Waals surface area contributed by atoms with E-state index < -0.39 is 17.9 Å². The zero-order chi connectivity index (χ0) is 13.1. The maximum atomic E-state index is 10.8. The molecule has 0 aliphatic heterocycles. The van der Waals surface area contributed by atoms with Crippen LogP contribution in [0.25, 0.3) is 11.3 Å². The minimum absolute atomic E-state index is 0.0890. The fourth-order valence-electron chi connectivity index (χ4n) is 1.59. The highest BCUT2D eigenvalue weighted by Gasteiger charge is 2.30. The number of aromatic amines is 1. The molecule has 1 aromatic heterocycles. The molecule has 1 aromatic carbocycles. The van der Waals surface area contributed by atoms with Gasteiger partial charge in [0, 0.05) is 0 Å². The number of hydrogen-bond acceptors (Lipinski definition) is 3. The predicted octanol–water partition coefficient (Wildman–Crippen LogP) is 1.33. The smallest absolute Gasteiger partial charge is 0.325 e.